The first-order valence-electron chi connectivity index (χ1n) is 4.69. The fraction of sp³-hybridized carbons (Fsp3) is 0.750. The van der Waals surface area contributed by atoms with Crippen LogP contribution in [0.1, 0.15) is 0 Å². The van der Waals surface area contributed by atoms with Gasteiger partial charge in [-0.2, -0.15) is 0 Å². The Bertz CT molecular complexity index is 207. The summed E-state index contributed by atoms with van der Waals surface area (Å²) >= 11 is 0. The molecule has 0 aromatic rings. The highest BCUT2D eigenvalue weighted by atomic mass is 16.2. The van der Waals surface area contributed by atoms with E-state index >= 15 is 0 Å². The summed E-state index contributed by atoms with van der Waals surface area (Å²) < 4.78 is 0. The summed E-state index contributed by atoms with van der Waals surface area (Å²) in [5.74, 6) is -0.926. The quantitative estimate of drug-likeness (QED) is 0.494. The molecule has 1 aliphatic heterocycles. The molecule has 1 aliphatic rings. The molecule has 0 aromatic heterocycles. The van der Waals surface area contributed by atoms with E-state index in [9.17, 15) is 9.59 Å². The summed E-state index contributed by atoms with van der Waals surface area (Å²) in [6.07, 6.45) is 0. The number of carbonyl (C=O) groups excluding carboxylic acids is 2. The Morgan fingerprint density at radius 3 is 1.57 bits per heavy atom. The van der Waals surface area contributed by atoms with E-state index in [0.29, 0.717) is 39.3 Å². The van der Waals surface area contributed by atoms with Gasteiger partial charge in [-0.15, -0.1) is 0 Å². The molecule has 6 nitrogen and oxygen atoms in total. The topological polar surface area (TPSA) is 92.7 Å². The second-order valence-electron chi connectivity index (χ2n) is 3.16. The first kappa shape index (κ1) is 10.9. The standard InChI is InChI=1S/C8H16N4O2/c9-1-3-11-5-6-12(4-2-10)8(14)7(11)13/h1-6,9-10H2. The smallest absolute Gasteiger partial charge is 0.312 e. The summed E-state index contributed by atoms with van der Waals surface area (Å²) in [7, 11) is 0. The number of carbonyl (C=O) groups is 2. The molecule has 1 fully saturated rings. The molecule has 0 spiro atoms. The minimum Gasteiger partial charge on any atom is -0.331 e. The Kier molecular flexibility index (Phi) is 3.84. The van der Waals surface area contributed by atoms with Crippen LogP contribution in [0.5, 0.6) is 0 Å². The van der Waals surface area contributed by atoms with Gasteiger partial charge in [-0.3, -0.25) is 9.59 Å². The van der Waals surface area contributed by atoms with Crippen molar-refractivity contribution >= 4 is 11.8 Å². The molecule has 14 heavy (non-hydrogen) atoms. The molecule has 1 saturated heterocycles. The highest BCUT2D eigenvalue weighted by Gasteiger charge is 2.31. The fourth-order valence-electron chi connectivity index (χ4n) is 1.45. The molecule has 1 rings (SSSR count). The molecule has 80 valence electrons. The molecular weight excluding hydrogens is 184 g/mol. The molecule has 0 aromatic carbocycles. The molecule has 0 aliphatic carbocycles. The summed E-state index contributed by atoms with van der Waals surface area (Å²) in [5, 5.41) is 0. The number of piperazine rings is 1. The van der Waals surface area contributed by atoms with Gasteiger partial charge in [0.1, 0.15) is 0 Å². The molecule has 0 radical (unpaired) electrons. The van der Waals surface area contributed by atoms with E-state index in [-0.39, 0.29) is 0 Å². The molecular formula is C8H16N4O2. The number of nitrogens with two attached hydrogens (primary N) is 2. The largest absolute Gasteiger partial charge is 0.331 e. The van der Waals surface area contributed by atoms with Crippen molar-refractivity contribution in [2.75, 3.05) is 39.3 Å². The summed E-state index contributed by atoms with van der Waals surface area (Å²) in [4.78, 5) is 25.8. The molecule has 2 amide bonds. The zero-order chi connectivity index (χ0) is 10.6. The number of amides is 2. The van der Waals surface area contributed by atoms with Gasteiger partial charge < -0.3 is 21.3 Å². The monoisotopic (exact) mass is 200 g/mol. The van der Waals surface area contributed by atoms with Crippen molar-refractivity contribution in [1.82, 2.24) is 9.80 Å². The van der Waals surface area contributed by atoms with Crippen molar-refractivity contribution in [1.29, 1.82) is 0 Å². The van der Waals surface area contributed by atoms with Crippen molar-refractivity contribution in [2.45, 2.75) is 0 Å². The lowest BCUT2D eigenvalue weighted by molar-refractivity contribution is -0.155. The van der Waals surface area contributed by atoms with Crippen molar-refractivity contribution in [3.05, 3.63) is 0 Å². The molecule has 0 bridgehead atoms. The third-order valence-corrected chi connectivity index (χ3v) is 2.20. The number of hydrogen-bond acceptors (Lipinski definition) is 4. The Morgan fingerprint density at radius 2 is 1.29 bits per heavy atom. The van der Waals surface area contributed by atoms with E-state index in [4.69, 9.17) is 11.5 Å². The Morgan fingerprint density at radius 1 is 0.929 bits per heavy atom. The van der Waals surface area contributed by atoms with Crippen LogP contribution in [0, 0.1) is 0 Å². The van der Waals surface area contributed by atoms with Crippen LogP contribution in [0.2, 0.25) is 0 Å². The number of hydrogen-bond donors (Lipinski definition) is 2. The van der Waals surface area contributed by atoms with Crippen LogP contribution in [0.25, 0.3) is 0 Å². The van der Waals surface area contributed by atoms with E-state index in [1.165, 1.54) is 9.80 Å². The lowest BCUT2D eigenvalue weighted by atomic mass is 10.3. The van der Waals surface area contributed by atoms with Gasteiger partial charge >= 0.3 is 11.8 Å². The second-order valence-corrected chi connectivity index (χ2v) is 3.16. The molecule has 0 unspecified atom stereocenters. The summed E-state index contributed by atoms with van der Waals surface area (Å²) in [5.41, 5.74) is 10.6. The van der Waals surface area contributed by atoms with Crippen LogP contribution in [0.3, 0.4) is 0 Å². The Hall–Kier alpha value is -1.14. The van der Waals surface area contributed by atoms with Crippen LogP contribution in [-0.2, 0) is 9.59 Å². The van der Waals surface area contributed by atoms with E-state index < -0.39 is 11.8 Å². The maximum atomic E-state index is 11.4. The third kappa shape index (κ3) is 2.21. The van der Waals surface area contributed by atoms with E-state index in [1.54, 1.807) is 0 Å². The zero-order valence-corrected chi connectivity index (χ0v) is 8.11. The maximum Gasteiger partial charge on any atom is 0.312 e. The maximum absolute atomic E-state index is 11.4. The molecule has 6 heteroatoms. The SMILES string of the molecule is NCCN1CCN(CCN)C(=O)C1=O. The van der Waals surface area contributed by atoms with Crippen molar-refractivity contribution in [3.63, 3.8) is 0 Å². The molecule has 1 heterocycles. The highest BCUT2D eigenvalue weighted by molar-refractivity contribution is 6.35. The predicted molar refractivity (Wildman–Crippen MR) is 51.3 cm³/mol. The Labute approximate surface area is 82.8 Å². The van der Waals surface area contributed by atoms with Crippen molar-refractivity contribution in [3.8, 4) is 0 Å². The lowest BCUT2D eigenvalue weighted by Gasteiger charge is -2.33. The van der Waals surface area contributed by atoms with Crippen LogP contribution in [-0.4, -0.2) is 60.9 Å². The van der Waals surface area contributed by atoms with Crippen LogP contribution < -0.4 is 11.5 Å². The van der Waals surface area contributed by atoms with Gasteiger partial charge in [-0.05, 0) is 0 Å². The third-order valence-electron chi connectivity index (χ3n) is 2.20. The second kappa shape index (κ2) is 4.92. The van der Waals surface area contributed by atoms with Gasteiger partial charge in [0.05, 0.1) is 0 Å². The van der Waals surface area contributed by atoms with Crippen molar-refractivity contribution < 1.29 is 9.59 Å². The van der Waals surface area contributed by atoms with Gasteiger partial charge in [-0.25, -0.2) is 0 Å². The molecule has 0 saturated carbocycles. The lowest BCUT2D eigenvalue weighted by Crippen LogP contribution is -2.56. The van der Waals surface area contributed by atoms with Crippen LogP contribution in [0.4, 0.5) is 0 Å². The van der Waals surface area contributed by atoms with Crippen LogP contribution in [0.15, 0.2) is 0 Å². The van der Waals surface area contributed by atoms with E-state index in [2.05, 4.69) is 0 Å². The van der Waals surface area contributed by atoms with E-state index in [0.717, 1.165) is 0 Å². The van der Waals surface area contributed by atoms with Crippen LogP contribution >= 0.6 is 0 Å². The zero-order valence-electron chi connectivity index (χ0n) is 8.11. The minimum atomic E-state index is -0.463. The van der Waals surface area contributed by atoms with Crippen molar-refractivity contribution in [2.24, 2.45) is 11.5 Å². The number of nitrogens with zero attached hydrogens (tertiary/aromatic N) is 2. The minimum absolute atomic E-state index is 0.385. The fourth-order valence-corrected chi connectivity index (χ4v) is 1.45. The van der Waals surface area contributed by atoms with Gasteiger partial charge in [-0.1, -0.05) is 0 Å². The van der Waals surface area contributed by atoms with Gasteiger partial charge in [0.25, 0.3) is 0 Å². The first-order chi connectivity index (χ1) is 6.70. The highest BCUT2D eigenvalue weighted by Crippen LogP contribution is 2.03. The molecule has 4 N–H and O–H groups in total. The molecule has 0 atom stereocenters. The Balaban J connectivity index is 2.55. The average Bonchev–Trinajstić information content (AvgIpc) is 2.18. The predicted octanol–water partition coefficient (Wildman–Crippen LogP) is -2.43. The summed E-state index contributed by atoms with van der Waals surface area (Å²) in [6, 6.07) is 0. The first-order valence-corrected chi connectivity index (χ1v) is 4.69. The van der Waals surface area contributed by atoms with Gasteiger partial charge in [0.2, 0.25) is 0 Å². The number of rotatable bonds is 4. The van der Waals surface area contributed by atoms with Gasteiger partial charge in [0.15, 0.2) is 0 Å². The van der Waals surface area contributed by atoms with E-state index in [1.807, 2.05) is 0 Å². The average molecular weight is 200 g/mol. The van der Waals surface area contributed by atoms with Gasteiger partial charge in [0, 0.05) is 39.3 Å². The summed E-state index contributed by atoms with van der Waals surface area (Å²) in [6.45, 7) is 2.78. The normalized spacial score (nSPS) is 17.9.